The predicted octanol–water partition coefficient (Wildman–Crippen LogP) is 4.05. The summed E-state index contributed by atoms with van der Waals surface area (Å²) in [5, 5.41) is 14.2. The fourth-order valence-electron chi connectivity index (χ4n) is 3.85. The van der Waals surface area contributed by atoms with Crippen LogP contribution >= 0.6 is 11.3 Å². The van der Waals surface area contributed by atoms with Crippen molar-refractivity contribution in [2.45, 2.75) is 6.42 Å². The van der Waals surface area contributed by atoms with Crippen LogP contribution in [0.1, 0.15) is 20.8 Å². The van der Waals surface area contributed by atoms with E-state index in [2.05, 4.69) is 21.4 Å². The third-order valence-electron chi connectivity index (χ3n) is 5.35. The van der Waals surface area contributed by atoms with Gasteiger partial charge >= 0.3 is 0 Å². The van der Waals surface area contributed by atoms with Crippen LogP contribution in [0, 0.1) is 11.3 Å². The molecule has 1 aromatic carbocycles. The van der Waals surface area contributed by atoms with E-state index in [0.717, 1.165) is 27.8 Å². The first-order valence-corrected chi connectivity index (χ1v) is 10.7. The van der Waals surface area contributed by atoms with Crippen LogP contribution < -0.4 is 16.8 Å². The SMILES string of the molecule is N#Cc1c(N)nc2sc(C(=O)NCCc3c[nH]c4ccccc34)c(N)c2c1-c1ccco1. The van der Waals surface area contributed by atoms with Crippen LogP contribution in [0.2, 0.25) is 0 Å². The molecule has 0 bridgehead atoms. The summed E-state index contributed by atoms with van der Waals surface area (Å²) < 4.78 is 5.50. The predicted molar refractivity (Wildman–Crippen MR) is 125 cm³/mol. The second kappa shape index (κ2) is 7.76. The molecule has 1 amide bonds. The number of thiophene rings is 1. The minimum absolute atomic E-state index is 0.0685. The number of carbonyl (C=O) groups is 1. The Morgan fingerprint density at radius 3 is 2.88 bits per heavy atom. The Balaban J connectivity index is 1.45. The number of H-pyrrole nitrogens is 1. The van der Waals surface area contributed by atoms with Gasteiger partial charge in [-0.2, -0.15) is 5.26 Å². The molecule has 5 aromatic rings. The van der Waals surface area contributed by atoms with Crippen molar-refractivity contribution in [1.29, 1.82) is 5.26 Å². The standard InChI is InChI=1S/C23H18N6O2S/c24-10-14-17(16-6-3-9-31-16)18-19(25)20(32-23(18)29-21(14)26)22(30)27-8-7-12-11-28-15-5-2-1-4-13(12)15/h1-6,9,11,28H,7-8,25H2,(H2,26,29)(H,27,30). The zero-order chi connectivity index (χ0) is 22.2. The van der Waals surface area contributed by atoms with Gasteiger partial charge in [0.15, 0.2) is 0 Å². The van der Waals surface area contributed by atoms with Crippen LogP contribution in [-0.2, 0) is 6.42 Å². The Bertz CT molecular complexity index is 1510. The molecule has 0 fully saturated rings. The van der Waals surface area contributed by atoms with Crippen LogP contribution in [0.3, 0.4) is 0 Å². The van der Waals surface area contributed by atoms with Crippen molar-refractivity contribution in [2.24, 2.45) is 0 Å². The molecule has 0 aliphatic heterocycles. The van der Waals surface area contributed by atoms with E-state index in [1.54, 1.807) is 12.1 Å². The van der Waals surface area contributed by atoms with Crippen molar-refractivity contribution in [1.82, 2.24) is 15.3 Å². The van der Waals surface area contributed by atoms with E-state index in [0.29, 0.717) is 39.4 Å². The summed E-state index contributed by atoms with van der Waals surface area (Å²) in [5.41, 5.74) is 15.4. The zero-order valence-electron chi connectivity index (χ0n) is 16.8. The molecular weight excluding hydrogens is 424 g/mol. The van der Waals surface area contributed by atoms with Crippen LogP contribution in [0.4, 0.5) is 11.5 Å². The number of hydrogen-bond acceptors (Lipinski definition) is 7. The topological polar surface area (TPSA) is 147 Å². The van der Waals surface area contributed by atoms with Gasteiger partial charge in [-0.3, -0.25) is 4.79 Å². The number of amides is 1. The lowest BCUT2D eigenvalue weighted by Gasteiger charge is -2.07. The summed E-state index contributed by atoms with van der Waals surface area (Å²) in [5.74, 6) is 0.211. The number of nitriles is 1. The molecule has 0 aliphatic rings. The Labute approximate surface area is 186 Å². The molecule has 0 unspecified atom stereocenters. The zero-order valence-corrected chi connectivity index (χ0v) is 17.6. The maximum absolute atomic E-state index is 12.9. The summed E-state index contributed by atoms with van der Waals surface area (Å²) in [4.78, 5) is 21.3. The van der Waals surface area contributed by atoms with Crippen molar-refractivity contribution in [3.8, 4) is 17.4 Å². The quantitative estimate of drug-likeness (QED) is 0.323. The van der Waals surface area contributed by atoms with E-state index in [4.69, 9.17) is 15.9 Å². The van der Waals surface area contributed by atoms with E-state index in [1.165, 1.54) is 6.26 Å². The van der Waals surface area contributed by atoms with E-state index >= 15 is 0 Å². The van der Waals surface area contributed by atoms with Gasteiger partial charge in [0.2, 0.25) is 0 Å². The van der Waals surface area contributed by atoms with Crippen molar-refractivity contribution < 1.29 is 9.21 Å². The maximum atomic E-state index is 12.9. The van der Waals surface area contributed by atoms with Gasteiger partial charge in [-0.25, -0.2) is 4.98 Å². The van der Waals surface area contributed by atoms with Gasteiger partial charge in [0.25, 0.3) is 5.91 Å². The number of nitrogens with two attached hydrogens (primary N) is 2. The van der Waals surface area contributed by atoms with Crippen LogP contribution in [-0.4, -0.2) is 22.4 Å². The average Bonchev–Trinajstić information content (AvgIpc) is 3.53. The molecule has 0 radical (unpaired) electrons. The summed E-state index contributed by atoms with van der Waals surface area (Å²) in [6, 6.07) is 13.5. The first kappa shape index (κ1) is 19.7. The molecule has 6 N–H and O–H groups in total. The molecule has 0 saturated carbocycles. The van der Waals surface area contributed by atoms with E-state index in [-0.39, 0.29) is 23.0 Å². The summed E-state index contributed by atoms with van der Waals surface area (Å²) in [6.07, 6.45) is 4.12. The fraction of sp³-hybridized carbons (Fsp3) is 0.0870. The number of nitrogen functional groups attached to an aromatic ring is 2. The molecular formula is C23H18N6O2S. The first-order chi connectivity index (χ1) is 15.6. The highest BCUT2D eigenvalue weighted by Gasteiger charge is 2.25. The molecule has 5 rings (SSSR count). The monoisotopic (exact) mass is 442 g/mol. The second-order valence-electron chi connectivity index (χ2n) is 7.23. The molecule has 4 heterocycles. The molecule has 0 aliphatic carbocycles. The highest BCUT2D eigenvalue weighted by Crippen LogP contribution is 2.42. The number of aromatic amines is 1. The van der Waals surface area contributed by atoms with Gasteiger partial charge in [-0.1, -0.05) is 18.2 Å². The number of nitrogens with zero attached hydrogens (tertiary/aromatic N) is 2. The lowest BCUT2D eigenvalue weighted by Crippen LogP contribution is -2.25. The number of anilines is 2. The van der Waals surface area contributed by atoms with Gasteiger partial charge in [0.1, 0.15) is 32.9 Å². The van der Waals surface area contributed by atoms with Gasteiger partial charge in [0.05, 0.1) is 17.5 Å². The number of rotatable bonds is 5. The minimum Gasteiger partial charge on any atom is -0.464 e. The molecule has 9 heteroatoms. The fourth-order valence-corrected chi connectivity index (χ4v) is 4.88. The average molecular weight is 443 g/mol. The second-order valence-corrected chi connectivity index (χ2v) is 8.23. The third-order valence-corrected chi connectivity index (χ3v) is 6.44. The molecule has 158 valence electrons. The molecule has 32 heavy (non-hydrogen) atoms. The largest absolute Gasteiger partial charge is 0.464 e. The van der Waals surface area contributed by atoms with Crippen molar-refractivity contribution in [3.05, 3.63) is 64.9 Å². The number of benzene rings is 1. The number of nitrogens with one attached hydrogen (secondary N) is 2. The summed E-state index contributed by atoms with van der Waals surface area (Å²) in [7, 11) is 0. The lowest BCUT2D eigenvalue weighted by molar-refractivity contribution is 0.0959. The molecule has 0 atom stereocenters. The number of fused-ring (bicyclic) bond motifs is 2. The van der Waals surface area contributed by atoms with Crippen molar-refractivity contribution >= 4 is 49.9 Å². The Hall–Kier alpha value is -4.29. The number of pyridine rings is 1. The summed E-state index contributed by atoms with van der Waals surface area (Å²) in [6.45, 7) is 0.443. The Morgan fingerprint density at radius 2 is 2.09 bits per heavy atom. The van der Waals surface area contributed by atoms with Gasteiger partial charge in [-0.15, -0.1) is 11.3 Å². The first-order valence-electron chi connectivity index (χ1n) is 9.87. The van der Waals surface area contributed by atoms with Gasteiger partial charge in [-0.05, 0) is 30.2 Å². The smallest absolute Gasteiger partial charge is 0.263 e. The number of hydrogen-bond donors (Lipinski definition) is 4. The lowest BCUT2D eigenvalue weighted by atomic mass is 10.0. The molecule has 0 saturated heterocycles. The van der Waals surface area contributed by atoms with Crippen molar-refractivity contribution in [3.63, 3.8) is 0 Å². The van der Waals surface area contributed by atoms with Gasteiger partial charge < -0.3 is 26.2 Å². The van der Waals surface area contributed by atoms with Crippen LogP contribution in [0.15, 0.2) is 53.3 Å². The molecule has 8 nitrogen and oxygen atoms in total. The third kappa shape index (κ3) is 3.14. The molecule has 4 aromatic heterocycles. The van der Waals surface area contributed by atoms with E-state index < -0.39 is 0 Å². The van der Waals surface area contributed by atoms with Gasteiger partial charge in [0, 0.05) is 29.0 Å². The molecule has 0 spiro atoms. The van der Waals surface area contributed by atoms with Crippen LogP contribution in [0.5, 0.6) is 0 Å². The van der Waals surface area contributed by atoms with E-state index in [9.17, 15) is 10.1 Å². The summed E-state index contributed by atoms with van der Waals surface area (Å²) >= 11 is 1.14. The number of furan rings is 1. The van der Waals surface area contributed by atoms with Crippen LogP contribution in [0.25, 0.3) is 32.4 Å². The highest BCUT2D eigenvalue weighted by molar-refractivity contribution is 7.21. The minimum atomic E-state index is -0.298. The number of aromatic nitrogens is 2. The maximum Gasteiger partial charge on any atom is 0.263 e. The number of carbonyl (C=O) groups excluding carboxylic acids is 1. The normalized spacial score (nSPS) is 11.1. The van der Waals surface area contributed by atoms with E-state index in [1.807, 2.05) is 30.5 Å². The Kier molecular flexibility index (Phi) is 4.77. The number of para-hydroxylation sites is 1. The Morgan fingerprint density at radius 1 is 1.25 bits per heavy atom. The highest BCUT2D eigenvalue weighted by atomic mass is 32.1. The van der Waals surface area contributed by atoms with Crippen molar-refractivity contribution in [2.75, 3.05) is 18.0 Å².